The summed E-state index contributed by atoms with van der Waals surface area (Å²) in [6, 6.07) is 14.4. The molecule has 2 heteroatoms. The maximum absolute atomic E-state index is 12.1. The molecule has 0 N–H and O–H groups in total. The molecule has 2 nitrogen and oxygen atoms in total. The Bertz CT molecular complexity index is 572. The Hall–Kier alpha value is -1.83. The van der Waals surface area contributed by atoms with E-state index in [0.29, 0.717) is 6.61 Å². The van der Waals surface area contributed by atoms with Gasteiger partial charge in [0.05, 0.1) is 12.5 Å². The molecule has 0 aliphatic heterocycles. The molecule has 0 amide bonds. The van der Waals surface area contributed by atoms with Crippen molar-refractivity contribution in [1.82, 2.24) is 0 Å². The average Bonchev–Trinajstić information content (AvgIpc) is 2.38. The number of fused-ring (bicyclic) bond motifs is 1. The first-order valence-electron chi connectivity index (χ1n) is 6.78. The molecule has 19 heavy (non-hydrogen) atoms. The summed E-state index contributed by atoms with van der Waals surface area (Å²) in [5.41, 5.74) is 1.03. The molecule has 0 saturated heterocycles. The van der Waals surface area contributed by atoms with Crippen LogP contribution in [0.25, 0.3) is 10.8 Å². The lowest BCUT2D eigenvalue weighted by Crippen LogP contribution is -2.20. The van der Waals surface area contributed by atoms with Gasteiger partial charge in [0.2, 0.25) is 0 Å². The van der Waals surface area contributed by atoms with Crippen LogP contribution in [-0.4, -0.2) is 12.6 Å². The van der Waals surface area contributed by atoms with Crippen molar-refractivity contribution in [1.29, 1.82) is 0 Å². The second-order valence-electron chi connectivity index (χ2n) is 5.08. The van der Waals surface area contributed by atoms with E-state index in [-0.39, 0.29) is 17.8 Å². The summed E-state index contributed by atoms with van der Waals surface area (Å²) >= 11 is 0. The van der Waals surface area contributed by atoms with E-state index in [4.69, 9.17) is 4.74 Å². The van der Waals surface area contributed by atoms with Crippen LogP contribution in [0.2, 0.25) is 0 Å². The maximum Gasteiger partial charge on any atom is 0.313 e. The van der Waals surface area contributed by atoms with Crippen LogP contribution in [0.4, 0.5) is 0 Å². The Balaban J connectivity index is 2.41. The standard InChI is InChI=1S/C17H20O2/c1-4-19-17(18)16(12(2)3)15-10-9-13-7-5-6-8-14(13)11-15/h5-12,16H,4H2,1-3H3. The monoisotopic (exact) mass is 256 g/mol. The number of ether oxygens (including phenoxy) is 1. The number of hydrogen-bond donors (Lipinski definition) is 0. The number of carbonyl (C=O) groups excluding carboxylic acids is 1. The van der Waals surface area contributed by atoms with Gasteiger partial charge in [-0.05, 0) is 29.2 Å². The molecule has 2 aromatic carbocycles. The molecule has 0 bridgehead atoms. The summed E-state index contributed by atoms with van der Waals surface area (Å²) in [5.74, 6) is -0.0995. The zero-order chi connectivity index (χ0) is 13.8. The van der Waals surface area contributed by atoms with Gasteiger partial charge in [0.25, 0.3) is 0 Å². The predicted molar refractivity (Wildman–Crippen MR) is 78.2 cm³/mol. The molecule has 0 heterocycles. The molecule has 0 saturated carbocycles. The van der Waals surface area contributed by atoms with Crippen molar-refractivity contribution < 1.29 is 9.53 Å². The van der Waals surface area contributed by atoms with Crippen molar-refractivity contribution in [3.05, 3.63) is 48.0 Å². The second-order valence-corrected chi connectivity index (χ2v) is 5.08. The van der Waals surface area contributed by atoms with Crippen molar-refractivity contribution in [3.63, 3.8) is 0 Å². The fourth-order valence-electron chi connectivity index (χ4n) is 2.43. The lowest BCUT2D eigenvalue weighted by molar-refractivity contribution is -0.146. The third-order valence-corrected chi connectivity index (χ3v) is 3.34. The lowest BCUT2D eigenvalue weighted by atomic mass is 9.87. The molecule has 0 aliphatic rings. The van der Waals surface area contributed by atoms with E-state index in [0.717, 1.165) is 10.9 Å². The second kappa shape index (κ2) is 5.87. The van der Waals surface area contributed by atoms with Crippen LogP contribution in [0.3, 0.4) is 0 Å². The van der Waals surface area contributed by atoms with Gasteiger partial charge >= 0.3 is 5.97 Å². The van der Waals surface area contributed by atoms with Crippen LogP contribution in [0.5, 0.6) is 0 Å². The molecular weight excluding hydrogens is 236 g/mol. The maximum atomic E-state index is 12.1. The van der Waals surface area contributed by atoms with Crippen LogP contribution in [0, 0.1) is 5.92 Å². The summed E-state index contributed by atoms with van der Waals surface area (Å²) in [6.45, 7) is 6.37. The Kier molecular flexibility index (Phi) is 4.20. The van der Waals surface area contributed by atoms with Crippen LogP contribution < -0.4 is 0 Å². The minimum absolute atomic E-state index is 0.132. The Morgan fingerprint density at radius 1 is 1.11 bits per heavy atom. The van der Waals surface area contributed by atoms with E-state index >= 15 is 0 Å². The van der Waals surface area contributed by atoms with Crippen LogP contribution in [0.15, 0.2) is 42.5 Å². The Morgan fingerprint density at radius 3 is 2.42 bits per heavy atom. The predicted octanol–water partition coefficient (Wildman–Crippen LogP) is 4.14. The van der Waals surface area contributed by atoms with E-state index in [1.807, 2.05) is 25.1 Å². The number of rotatable bonds is 4. The van der Waals surface area contributed by atoms with Gasteiger partial charge in [-0.25, -0.2) is 0 Å². The van der Waals surface area contributed by atoms with Crippen LogP contribution in [0.1, 0.15) is 32.3 Å². The fourth-order valence-corrected chi connectivity index (χ4v) is 2.43. The topological polar surface area (TPSA) is 26.3 Å². The van der Waals surface area contributed by atoms with Crippen molar-refractivity contribution in [2.75, 3.05) is 6.61 Å². The summed E-state index contributed by atoms with van der Waals surface area (Å²) < 4.78 is 5.19. The van der Waals surface area contributed by atoms with Crippen molar-refractivity contribution >= 4 is 16.7 Å². The van der Waals surface area contributed by atoms with E-state index < -0.39 is 0 Å². The summed E-state index contributed by atoms with van der Waals surface area (Å²) in [4.78, 5) is 12.1. The number of benzene rings is 2. The number of carbonyl (C=O) groups is 1. The molecule has 1 atom stereocenters. The highest BCUT2D eigenvalue weighted by atomic mass is 16.5. The highest BCUT2D eigenvalue weighted by Gasteiger charge is 2.25. The molecule has 100 valence electrons. The zero-order valence-corrected chi connectivity index (χ0v) is 11.7. The fraction of sp³-hybridized carbons (Fsp3) is 0.353. The molecule has 0 aromatic heterocycles. The largest absolute Gasteiger partial charge is 0.466 e. The van der Waals surface area contributed by atoms with E-state index in [2.05, 4.69) is 38.1 Å². The zero-order valence-electron chi connectivity index (χ0n) is 11.7. The SMILES string of the molecule is CCOC(=O)C(c1ccc2ccccc2c1)C(C)C. The smallest absolute Gasteiger partial charge is 0.313 e. The molecule has 0 spiro atoms. The molecular formula is C17H20O2. The summed E-state index contributed by atoms with van der Waals surface area (Å²) in [5, 5.41) is 2.35. The van der Waals surface area contributed by atoms with Crippen molar-refractivity contribution in [3.8, 4) is 0 Å². The number of esters is 1. The normalized spacial score (nSPS) is 12.6. The molecule has 2 rings (SSSR count). The summed E-state index contributed by atoms with van der Waals surface area (Å²) in [6.07, 6.45) is 0. The van der Waals surface area contributed by atoms with E-state index in [9.17, 15) is 4.79 Å². The highest BCUT2D eigenvalue weighted by molar-refractivity contribution is 5.86. The molecule has 1 unspecified atom stereocenters. The first kappa shape index (κ1) is 13.6. The molecule has 0 radical (unpaired) electrons. The lowest BCUT2D eigenvalue weighted by Gasteiger charge is -2.20. The van der Waals surface area contributed by atoms with Gasteiger partial charge in [0.1, 0.15) is 0 Å². The van der Waals surface area contributed by atoms with Gasteiger partial charge in [-0.1, -0.05) is 56.3 Å². The average molecular weight is 256 g/mol. The minimum Gasteiger partial charge on any atom is -0.466 e. The third-order valence-electron chi connectivity index (χ3n) is 3.34. The van der Waals surface area contributed by atoms with Crippen LogP contribution >= 0.6 is 0 Å². The van der Waals surface area contributed by atoms with Gasteiger partial charge in [0, 0.05) is 0 Å². The van der Waals surface area contributed by atoms with Gasteiger partial charge in [0.15, 0.2) is 0 Å². The first-order chi connectivity index (χ1) is 9.13. The minimum atomic E-state index is -0.190. The van der Waals surface area contributed by atoms with Gasteiger partial charge in [-0.2, -0.15) is 0 Å². The first-order valence-corrected chi connectivity index (χ1v) is 6.78. The van der Waals surface area contributed by atoms with Crippen molar-refractivity contribution in [2.24, 2.45) is 5.92 Å². The van der Waals surface area contributed by atoms with Crippen LogP contribution in [-0.2, 0) is 9.53 Å². The van der Waals surface area contributed by atoms with Gasteiger partial charge in [-0.15, -0.1) is 0 Å². The Morgan fingerprint density at radius 2 is 1.79 bits per heavy atom. The van der Waals surface area contributed by atoms with E-state index in [1.54, 1.807) is 0 Å². The van der Waals surface area contributed by atoms with Gasteiger partial charge < -0.3 is 4.74 Å². The van der Waals surface area contributed by atoms with Crippen molar-refractivity contribution in [2.45, 2.75) is 26.7 Å². The molecule has 0 aliphatic carbocycles. The van der Waals surface area contributed by atoms with Gasteiger partial charge in [-0.3, -0.25) is 4.79 Å². The third kappa shape index (κ3) is 2.95. The summed E-state index contributed by atoms with van der Waals surface area (Å²) in [7, 11) is 0. The Labute approximate surface area is 114 Å². The molecule has 0 fully saturated rings. The number of hydrogen-bond acceptors (Lipinski definition) is 2. The molecule has 2 aromatic rings. The quantitative estimate of drug-likeness (QED) is 0.768. The van der Waals surface area contributed by atoms with E-state index in [1.165, 1.54) is 5.39 Å². The highest BCUT2D eigenvalue weighted by Crippen LogP contribution is 2.28.